The van der Waals surface area contributed by atoms with Crippen LogP contribution < -0.4 is 5.32 Å². The summed E-state index contributed by atoms with van der Waals surface area (Å²) in [5.41, 5.74) is 2.48. The second-order valence-electron chi connectivity index (χ2n) is 7.89. The molecule has 168 valence electrons. The largest absolute Gasteiger partial charge is 0.350 e. The Morgan fingerprint density at radius 2 is 1.88 bits per heavy atom. The highest BCUT2D eigenvalue weighted by atomic mass is 19.2. The van der Waals surface area contributed by atoms with Gasteiger partial charge in [-0.2, -0.15) is 5.10 Å². The molecule has 2 amide bonds. The van der Waals surface area contributed by atoms with Crippen LogP contribution in [-0.4, -0.2) is 45.0 Å². The number of carbonyl (C=O) groups is 2. The maximum Gasteiger partial charge on any atom is 0.270 e. The van der Waals surface area contributed by atoms with E-state index in [4.69, 9.17) is 0 Å². The fraction of sp³-hybridized carbons (Fsp3) is 0.174. The third-order valence-corrected chi connectivity index (χ3v) is 5.80. The number of carbonyl (C=O) groups excluding carboxylic acids is 2. The fourth-order valence-corrected chi connectivity index (χ4v) is 4.18. The van der Waals surface area contributed by atoms with E-state index in [0.717, 1.165) is 34.2 Å². The Morgan fingerprint density at radius 1 is 1.12 bits per heavy atom. The molecule has 1 atom stereocenters. The van der Waals surface area contributed by atoms with Crippen molar-refractivity contribution in [3.8, 4) is 11.1 Å². The van der Waals surface area contributed by atoms with E-state index in [9.17, 15) is 22.8 Å². The molecule has 7 nitrogen and oxygen atoms in total. The first-order chi connectivity index (χ1) is 15.9. The van der Waals surface area contributed by atoms with Crippen LogP contribution in [0.2, 0.25) is 0 Å². The number of nitrogens with one attached hydrogen (secondary N) is 3. The van der Waals surface area contributed by atoms with Crippen LogP contribution in [0.15, 0.2) is 48.8 Å². The smallest absolute Gasteiger partial charge is 0.270 e. The van der Waals surface area contributed by atoms with E-state index in [1.165, 1.54) is 0 Å². The van der Waals surface area contributed by atoms with Gasteiger partial charge in [0.25, 0.3) is 5.91 Å². The lowest BCUT2D eigenvalue weighted by molar-refractivity contribution is -0.119. The Hall–Kier alpha value is -4.08. The lowest BCUT2D eigenvalue weighted by Crippen LogP contribution is -2.32. The molecule has 3 heterocycles. The van der Waals surface area contributed by atoms with Crippen LogP contribution in [0.25, 0.3) is 22.0 Å². The molecule has 33 heavy (non-hydrogen) atoms. The Bertz CT molecular complexity index is 1340. The van der Waals surface area contributed by atoms with Gasteiger partial charge in [0.2, 0.25) is 5.91 Å². The van der Waals surface area contributed by atoms with E-state index in [1.807, 2.05) is 24.3 Å². The third kappa shape index (κ3) is 3.73. The lowest BCUT2D eigenvalue weighted by Gasteiger charge is -2.17. The minimum atomic E-state index is -1.60. The molecular formula is C23H18F3N5O2. The second kappa shape index (κ2) is 8.12. The first-order valence-electron chi connectivity index (χ1n) is 10.3. The minimum absolute atomic E-state index is 0.136. The van der Waals surface area contributed by atoms with Crippen molar-refractivity contribution in [1.29, 1.82) is 0 Å². The Balaban J connectivity index is 1.36. The molecular weight excluding hydrogens is 435 g/mol. The normalized spacial score (nSPS) is 15.8. The molecule has 0 unspecified atom stereocenters. The topological polar surface area (TPSA) is 93.9 Å². The molecule has 0 aliphatic carbocycles. The SMILES string of the molecule is O=C(Nc1cc(F)c(F)c(F)c1)[C@H]1CCN(C(=O)c2[nH]c3ccccc3c2-c2cn[nH]c2)C1. The van der Waals surface area contributed by atoms with E-state index < -0.39 is 29.3 Å². The summed E-state index contributed by atoms with van der Waals surface area (Å²) in [6, 6.07) is 8.96. The Morgan fingerprint density at radius 3 is 2.61 bits per heavy atom. The quantitative estimate of drug-likeness (QED) is 0.407. The number of nitrogens with zero attached hydrogens (tertiary/aromatic N) is 2. The van der Waals surface area contributed by atoms with E-state index in [2.05, 4.69) is 20.5 Å². The van der Waals surface area contributed by atoms with Gasteiger partial charge in [0, 0.05) is 59.1 Å². The van der Waals surface area contributed by atoms with Gasteiger partial charge in [-0.05, 0) is 12.5 Å². The van der Waals surface area contributed by atoms with Crippen LogP contribution in [0.3, 0.4) is 0 Å². The van der Waals surface area contributed by atoms with Crippen molar-refractivity contribution in [1.82, 2.24) is 20.1 Å². The van der Waals surface area contributed by atoms with Gasteiger partial charge in [-0.25, -0.2) is 13.2 Å². The van der Waals surface area contributed by atoms with Gasteiger partial charge in [-0.3, -0.25) is 14.7 Å². The predicted molar refractivity (Wildman–Crippen MR) is 115 cm³/mol. The van der Waals surface area contributed by atoms with Gasteiger partial charge in [0.15, 0.2) is 17.5 Å². The second-order valence-corrected chi connectivity index (χ2v) is 7.89. The molecule has 1 saturated heterocycles. The monoisotopic (exact) mass is 453 g/mol. The van der Waals surface area contributed by atoms with Crippen molar-refractivity contribution in [3.63, 3.8) is 0 Å². The molecule has 1 aliphatic rings. The van der Waals surface area contributed by atoms with Gasteiger partial charge in [-0.15, -0.1) is 0 Å². The van der Waals surface area contributed by atoms with Crippen LogP contribution in [0.4, 0.5) is 18.9 Å². The number of aromatic amines is 2. The summed E-state index contributed by atoms with van der Waals surface area (Å²) in [6.45, 7) is 0.472. The number of halogens is 3. The Kier molecular flexibility index (Phi) is 5.12. The average molecular weight is 453 g/mol. The van der Waals surface area contributed by atoms with Crippen molar-refractivity contribution >= 4 is 28.4 Å². The summed E-state index contributed by atoms with van der Waals surface area (Å²) < 4.78 is 40.0. The van der Waals surface area contributed by atoms with Crippen molar-refractivity contribution in [2.45, 2.75) is 6.42 Å². The van der Waals surface area contributed by atoms with Gasteiger partial charge < -0.3 is 15.2 Å². The van der Waals surface area contributed by atoms with Gasteiger partial charge >= 0.3 is 0 Å². The molecule has 1 aliphatic heterocycles. The van der Waals surface area contributed by atoms with Crippen molar-refractivity contribution in [2.24, 2.45) is 5.92 Å². The fourth-order valence-electron chi connectivity index (χ4n) is 4.18. The molecule has 0 saturated carbocycles. The molecule has 4 aromatic rings. The number of para-hydroxylation sites is 1. The van der Waals surface area contributed by atoms with Crippen LogP contribution in [0, 0.1) is 23.4 Å². The first kappa shape index (κ1) is 20.8. The van der Waals surface area contributed by atoms with Crippen molar-refractivity contribution < 1.29 is 22.8 Å². The van der Waals surface area contributed by atoms with Crippen LogP contribution >= 0.6 is 0 Å². The molecule has 10 heteroatoms. The highest BCUT2D eigenvalue weighted by molar-refractivity contribution is 6.09. The zero-order valence-corrected chi connectivity index (χ0v) is 17.2. The molecule has 2 aromatic carbocycles. The number of H-pyrrole nitrogens is 2. The third-order valence-electron chi connectivity index (χ3n) is 5.80. The molecule has 3 N–H and O–H groups in total. The van der Waals surface area contributed by atoms with Gasteiger partial charge in [-0.1, -0.05) is 18.2 Å². The maximum atomic E-state index is 13.4. The molecule has 5 rings (SSSR count). The standard InChI is InChI=1S/C23H18F3N5O2/c24-16-7-14(8-17(25)20(16)26)29-22(32)12-5-6-31(11-12)23(33)21-19(13-9-27-28-10-13)15-3-1-2-4-18(15)30-21/h1-4,7-10,12,30H,5-6,11H2,(H,27,28)(H,29,32)/t12-/m0/s1. The molecule has 2 aromatic heterocycles. The number of amides is 2. The van der Waals surface area contributed by atoms with Gasteiger partial charge in [0.1, 0.15) is 5.69 Å². The molecule has 0 radical (unpaired) electrons. The number of likely N-dealkylation sites (tertiary alicyclic amines) is 1. The zero-order valence-electron chi connectivity index (χ0n) is 17.2. The summed E-state index contributed by atoms with van der Waals surface area (Å²) in [5.74, 6) is -5.72. The predicted octanol–water partition coefficient (Wildman–Crippen LogP) is 4.08. The highest BCUT2D eigenvalue weighted by Crippen LogP contribution is 2.33. The first-order valence-corrected chi connectivity index (χ1v) is 10.3. The number of aromatic nitrogens is 3. The molecule has 0 spiro atoms. The summed E-state index contributed by atoms with van der Waals surface area (Å²) in [6.07, 6.45) is 3.71. The molecule has 0 bridgehead atoms. The van der Waals surface area contributed by atoms with Crippen LogP contribution in [0.1, 0.15) is 16.9 Å². The lowest BCUT2D eigenvalue weighted by atomic mass is 10.0. The molecule has 1 fully saturated rings. The van der Waals surface area contributed by atoms with E-state index in [0.29, 0.717) is 18.7 Å². The van der Waals surface area contributed by atoms with Crippen molar-refractivity contribution in [3.05, 3.63) is 71.9 Å². The van der Waals surface area contributed by atoms with Crippen LogP contribution in [0.5, 0.6) is 0 Å². The Labute approximate surface area is 185 Å². The number of hydrogen-bond donors (Lipinski definition) is 3. The average Bonchev–Trinajstić information content (AvgIpc) is 3.56. The maximum absolute atomic E-state index is 13.4. The zero-order chi connectivity index (χ0) is 23.1. The van der Waals surface area contributed by atoms with Crippen molar-refractivity contribution in [2.75, 3.05) is 18.4 Å². The summed E-state index contributed by atoms with van der Waals surface area (Å²) in [5, 5.41) is 10.0. The number of fused-ring (bicyclic) bond motifs is 1. The van der Waals surface area contributed by atoms with Crippen LogP contribution in [-0.2, 0) is 4.79 Å². The van der Waals surface area contributed by atoms with E-state index >= 15 is 0 Å². The van der Waals surface area contributed by atoms with E-state index in [-0.39, 0.29) is 18.1 Å². The number of benzene rings is 2. The van der Waals surface area contributed by atoms with E-state index in [1.54, 1.807) is 17.3 Å². The summed E-state index contributed by atoms with van der Waals surface area (Å²) in [7, 11) is 0. The summed E-state index contributed by atoms with van der Waals surface area (Å²) in [4.78, 5) is 30.7. The summed E-state index contributed by atoms with van der Waals surface area (Å²) >= 11 is 0. The van der Waals surface area contributed by atoms with Gasteiger partial charge in [0.05, 0.1) is 12.1 Å². The number of rotatable bonds is 4. The minimum Gasteiger partial charge on any atom is -0.350 e. The highest BCUT2D eigenvalue weighted by Gasteiger charge is 2.34. The number of anilines is 1. The number of hydrogen-bond acceptors (Lipinski definition) is 3.